The zero-order valence-corrected chi connectivity index (χ0v) is 13.7. The first kappa shape index (κ1) is 14.3. The molecular weight excluding hydrogens is 316 g/mol. The van der Waals surface area contributed by atoms with E-state index in [2.05, 4.69) is 0 Å². The van der Waals surface area contributed by atoms with Gasteiger partial charge in [-0.3, -0.25) is 0 Å². The molecule has 124 valence electrons. The molecule has 2 atom stereocenters. The van der Waals surface area contributed by atoms with E-state index in [-0.39, 0.29) is 11.5 Å². The van der Waals surface area contributed by atoms with Gasteiger partial charge in [-0.2, -0.15) is 0 Å². The van der Waals surface area contributed by atoms with Crippen molar-refractivity contribution >= 4 is 0 Å². The van der Waals surface area contributed by atoms with Gasteiger partial charge in [0.05, 0.1) is 5.56 Å². The van der Waals surface area contributed by atoms with Crippen molar-refractivity contribution < 1.29 is 13.9 Å². The lowest BCUT2D eigenvalue weighted by molar-refractivity contribution is -0.149. The summed E-state index contributed by atoms with van der Waals surface area (Å²) < 4.78 is 18.0. The van der Waals surface area contributed by atoms with E-state index in [0.717, 1.165) is 16.9 Å². The maximum atomic E-state index is 12.5. The van der Waals surface area contributed by atoms with Gasteiger partial charge in [0.25, 0.3) is 5.79 Å². The molecule has 0 amide bonds. The minimum absolute atomic E-state index is 0.120. The van der Waals surface area contributed by atoms with Crippen molar-refractivity contribution in [1.82, 2.24) is 0 Å². The number of benzene rings is 2. The van der Waals surface area contributed by atoms with Crippen LogP contribution in [-0.4, -0.2) is 0 Å². The zero-order chi connectivity index (χ0) is 17.0. The minimum Gasteiger partial charge on any atom is -0.448 e. The predicted octanol–water partition coefficient (Wildman–Crippen LogP) is 4.11. The maximum Gasteiger partial charge on any atom is 0.343 e. The van der Waals surface area contributed by atoms with Gasteiger partial charge < -0.3 is 13.9 Å². The number of fused-ring (bicyclic) bond motifs is 6. The molecule has 0 saturated carbocycles. The van der Waals surface area contributed by atoms with Crippen LogP contribution in [0.25, 0.3) is 0 Å². The van der Waals surface area contributed by atoms with E-state index >= 15 is 0 Å². The summed E-state index contributed by atoms with van der Waals surface area (Å²) in [5, 5.41) is 0. The fourth-order valence-electron chi connectivity index (χ4n) is 3.88. The Balaban J connectivity index is 1.81. The van der Waals surface area contributed by atoms with E-state index in [1.807, 2.05) is 54.6 Å². The van der Waals surface area contributed by atoms with Gasteiger partial charge in [0, 0.05) is 29.5 Å². The Morgan fingerprint density at radius 1 is 0.960 bits per heavy atom. The molecule has 0 N–H and O–H groups in total. The zero-order valence-electron chi connectivity index (χ0n) is 13.7. The Morgan fingerprint density at radius 3 is 2.52 bits per heavy atom. The Labute approximate surface area is 144 Å². The molecule has 1 aromatic heterocycles. The molecule has 4 nitrogen and oxygen atoms in total. The van der Waals surface area contributed by atoms with Crippen molar-refractivity contribution in [2.24, 2.45) is 0 Å². The second-order valence-electron chi connectivity index (χ2n) is 6.54. The normalized spacial score (nSPS) is 23.0. The Hall–Kier alpha value is -3.01. The van der Waals surface area contributed by atoms with Gasteiger partial charge in [0.1, 0.15) is 17.3 Å². The van der Waals surface area contributed by atoms with Crippen LogP contribution in [0.1, 0.15) is 34.8 Å². The van der Waals surface area contributed by atoms with E-state index in [0.29, 0.717) is 23.5 Å². The number of rotatable bonds is 1. The summed E-state index contributed by atoms with van der Waals surface area (Å²) >= 11 is 0. The molecule has 0 radical (unpaired) electrons. The van der Waals surface area contributed by atoms with Gasteiger partial charge in [-0.25, -0.2) is 4.79 Å². The van der Waals surface area contributed by atoms with Crippen LogP contribution in [0.4, 0.5) is 0 Å². The molecule has 25 heavy (non-hydrogen) atoms. The first-order chi connectivity index (χ1) is 12.2. The molecule has 3 aromatic rings. The monoisotopic (exact) mass is 332 g/mol. The lowest BCUT2D eigenvalue weighted by Gasteiger charge is -2.45. The molecule has 0 fully saturated rings. The first-order valence-corrected chi connectivity index (χ1v) is 8.33. The SMILES string of the molecule is Cc1cc2c(c(=O)o1)C1CC(c3ccccc3)(Oc3ccccc31)O2. The summed E-state index contributed by atoms with van der Waals surface area (Å²) in [6, 6.07) is 19.5. The highest BCUT2D eigenvalue weighted by Gasteiger charge is 2.50. The minimum atomic E-state index is -0.937. The van der Waals surface area contributed by atoms with Gasteiger partial charge in [-0.15, -0.1) is 0 Å². The van der Waals surface area contributed by atoms with E-state index in [1.165, 1.54) is 0 Å². The number of hydrogen-bond donors (Lipinski definition) is 0. The molecule has 2 bridgehead atoms. The summed E-state index contributed by atoms with van der Waals surface area (Å²) in [4.78, 5) is 12.5. The first-order valence-electron chi connectivity index (χ1n) is 8.33. The highest BCUT2D eigenvalue weighted by molar-refractivity contribution is 5.51. The summed E-state index contributed by atoms with van der Waals surface area (Å²) in [6.07, 6.45) is 0.537. The number of ether oxygens (including phenoxy) is 2. The largest absolute Gasteiger partial charge is 0.448 e. The Bertz CT molecular complexity index is 1020. The summed E-state index contributed by atoms with van der Waals surface area (Å²) in [5.41, 5.74) is 2.17. The molecule has 3 heterocycles. The van der Waals surface area contributed by atoms with E-state index < -0.39 is 5.79 Å². The van der Waals surface area contributed by atoms with E-state index in [1.54, 1.807) is 13.0 Å². The lowest BCUT2D eigenvalue weighted by atomic mass is 9.79. The molecule has 2 unspecified atom stereocenters. The molecule has 5 rings (SSSR count). The van der Waals surface area contributed by atoms with Gasteiger partial charge in [-0.1, -0.05) is 48.5 Å². The average Bonchev–Trinajstić information content (AvgIpc) is 2.61. The van der Waals surface area contributed by atoms with Gasteiger partial charge >= 0.3 is 5.63 Å². The van der Waals surface area contributed by atoms with Crippen LogP contribution in [0.15, 0.2) is 69.9 Å². The van der Waals surface area contributed by atoms with Crippen molar-refractivity contribution in [3.63, 3.8) is 0 Å². The summed E-state index contributed by atoms with van der Waals surface area (Å²) in [6.45, 7) is 1.75. The van der Waals surface area contributed by atoms with Crippen molar-refractivity contribution in [3.8, 4) is 11.5 Å². The van der Waals surface area contributed by atoms with Gasteiger partial charge in [0.15, 0.2) is 0 Å². The standard InChI is InChI=1S/C21H16O4/c1-13-11-18-19(20(22)23-13)16-12-21(25-18,14-7-3-2-4-8-14)24-17-10-6-5-9-15(16)17/h2-11,16H,12H2,1H3. The number of para-hydroxylation sites is 1. The molecule has 2 aromatic carbocycles. The third kappa shape index (κ3) is 2.03. The smallest absolute Gasteiger partial charge is 0.343 e. The molecule has 0 saturated heterocycles. The van der Waals surface area contributed by atoms with Crippen LogP contribution in [0.5, 0.6) is 11.5 Å². The van der Waals surface area contributed by atoms with E-state index in [9.17, 15) is 4.79 Å². The van der Waals surface area contributed by atoms with Crippen molar-refractivity contribution in [1.29, 1.82) is 0 Å². The van der Waals surface area contributed by atoms with Crippen molar-refractivity contribution in [2.75, 3.05) is 0 Å². The maximum absolute atomic E-state index is 12.5. The second kappa shape index (κ2) is 4.99. The van der Waals surface area contributed by atoms with E-state index in [4.69, 9.17) is 13.9 Å². The van der Waals surface area contributed by atoms with Crippen molar-refractivity contribution in [2.45, 2.75) is 25.0 Å². The van der Waals surface area contributed by atoms with Crippen LogP contribution in [0.3, 0.4) is 0 Å². The molecule has 4 heteroatoms. The molecular formula is C21H16O4. The molecule has 0 aliphatic carbocycles. The van der Waals surface area contributed by atoms with Gasteiger partial charge in [-0.05, 0) is 13.0 Å². The summed E-state index contributed by atoms with van der Waals surface area (Å²) in [7, 11) is 0. The summed E-state index contributed by atoms with van der Waals surface area (Å²) in [5.74, 6) is 0.760. The molecule has 0 spiro atoms. The van der Waals surface area contributed by atoms with Crippen LogP contribution < -0.4 is 15.1 Å². The predicted molar refractivity (Wildman–Crippen MR) is 92.0 cm³/mol. The van der Waals surface area contributed by atoms with Crippen LogP contribution in [-0.2, 0) is 5.79 Å². The number of hydrogen-bond acceptors (Lipinski definition) is 4. The van der Waals surface area contributed by atoms with Crippen LogP contribution in [0, 0.1) is 6.92 Å². The van der Waals surface area contributed by atoms with Crippen LogP contribution in [0.2, 0.25) is 0 Å². The molecule has 2 aliphatic heterocycles. The highest BCUT2D eigenvalue weighted by Crippen LogP contribution is 2.53. The lowest BCUT2D eigenvalue weighted by Crippen LogP contribution is -2.47. The van der Waals surface area contributed by atoms with Gasteiger partial charge in [0.2, 0.25) is 0 Å². The third-order valence-electron chi connectivity index (χ3n) is 4.95. The van der Waals surface area contributed by atoms with Crippen molar-refractivity contribution in [3.05, 3.63) is 93.5 Å². The highest BCUT2D eigenvalue weighted by atomic mass is 16.7. The molecule has 2 aliphatic rings. The van der Waals surface area contributed by atoms with Crippen LogP contribution >= 0.6 is 0 Å². The fraction of sp³-hybridized carbons (Fsp3) is 0.190. The average molecular weight is 332 g/mol. The Morgan fingerprint density at radius 2 is 1.68 bits per heavy atom. The third-order valence-corrected chi connectivity index (χ3v) is 4.95. The second-order valence-corrected chi connectivity index (χ2v) is 6.54. The number of aryl methyl sites for hydroxylation is 1. The Kier molecular flexibility index (Phi) is 2.86. The topological polar surface area (TPSA) is 48.7 Å². The quantitative estimate of drug-likeness (QED) is 0.673. The fourth-order valence-corrected chi connectivity index (χ4v) is 3.88.